The van der Waals surface area contributed by atoms with E-state index in [0.717, 1.165) is 32.2 Å². The van der Waals surface area contributed by atoms with E-state index in [1.165, 1.54) is 6.07 Å². The number of carbonyl (C=O) groups excluding carboxylic acids is 1. The second kappa shape index (κ2) is 12.2. The van der Waals surface area contributed by atoms with Gasteiger partial charge in [-0.15, -0.1) is 6.42 Å². The van der Waals surface area contributed by atoms with Gasteiger partial charge < -0.3 is 14.4 Å². The molecule has 0 spiro atoms. The van der Waals surface area contributed by atoms with Crippen molar-refractivity contribution in [3.8, 4) is 29.6 Å². The third kappa shape index (κ3) is 5.40. The number of benzene rings is 2. The van der Waals surface area contributed by atoms with Gasteiger partial charge in [-0.1, -0.05) is 37.1 Å². The first-order valence-corrected chi connectivity index (χ1v) is 18.7. The summed E-state index contributed by atoms with van der Waals surface area (Å²) in [5.41, 5.74) is -0.0637. The molecule has 0 saturated carbocycles. The number of terminal acetylenes is 1. The van der Waals surface area contributed by atoms with Crippen LogP contribution >= 0.6 is 0 Å². The summed E-state index contributed by atoms with van der Waals surface area (Å²) in [4.78, 5) is 34.7. The van der Waals surface area contributed by atoms with Crippen molar-refractivity contribution >= 4 is 33.6 Å². The zero-order valence-electron chi connectivity index (χ0n) is 30.5. The summed E-state index contributed by atoms with van der Waals surface area (Å²) in [5, 5.41) is 1.54. The Morgan fingerprint density at radius 3 is 2.72 bits per heavy atom. The smallest absolute Gasteiger partial charge is 0.410 e. The molecule has 12 heteroatoms. The molecule has 4 saturated heterocycles. The van der Waals surface area contributed by atoms with Gasteiger partial charge in [0.15, 0.2) is 5.82 Å². The molecular formula is C41H43F3N6O3. The molecule has 2 aromatic heterocycles. The van der Waals surface area contributed by atoms with Crippen LogP contribution in [0.15, 0.2) is 30.3 Å². The highest BCUT2D eigenvalue weighted by Gasteiger charge is 2.53. The lowest BCUT2D eigenvalue weighted by atomic mass is 9.88. The Bertz CT molecular complexity index is 2220. The molecule has 4 aromatic rings. The number of amides is 1. The first-order valence-electron chi connectivity index (χ1n) is 18.7. The highest BCUT2D eigenvalue weighted by atomic mass is 19.1. The molecule has 7 heterocycles. The number of halogens is 3. The molecule has 9 rings (SSSR count). The normalized spacial score (nSPS) is 27.8. The van der Waals surface area contributed by atoms with Crippen LogP contribution in [0, 0.1) is 29.9 Å². The topological polar surface area (TPSA) is 83.9 Å². The van der Waals surface area contributed by atoms with E-state index in [9.17, 15) is 9.18 Å². The number of hydrogen-bond acceptors (Lipinski definition) is 8. The Hall–Kier alpha value is -4.63. The Morgan fingerprint density at radius 2 is 1.92 bits per heavy atom. The zero-order chi connectivity index (χ0) is 37.0. The second-order valence-electron chi connectivity index (χ2n) is 16.6. The van der Waals surface area contributed by atoms with Crippen molar-refractivity contribution < 1.29 is 27.4 Å². The minimum Gasteiger partial charge on any atom is -0.461 e. The van der Waals surface area contributed by atoms with Crippen LogP contribution in [0.4, 0.5) is 23.8 Å². The first kappa shape index (κ1) is 34.2. The van der Waals surface area contributed by atoms with Gasteiger partial charge in [-0.25, -0.2) is 22.9 Å². The van der Waals surface area contributed by atoms with E-state index in [-0.39, 0.29) is 59.5 Å². The van der Waals surface area contributed by atoms with Crippen molar-refractivity contribution in [1.82, 2.24) is 24.8 Å². The predicted molar refractivity (Wildman–Crippen MR) is 196 cm³/mol. The summed E-state index contributed by atoms with van der Waals surface area (Å²) in [7, 11) is 0. The lowest BCUT2D eigenvalue weighted by Crippen LogP contribution is -2.63. The van der Waals surface area contributed by atoms with Crippen LogP contribution in [0.1, 0.15) is 71.1 Å². The van der Waals surface area contributed by atoms with Crippen molar-refractivity contribution in [2.45, 2.75) is 102 Å². The summed E-state index contributed by atoms with van der Waals surface area (Å²) < 4.78 is 59.5. The number of aromatic nitrogens is 3. The number of piperazine rings is 1. The van der Waals surface area contributed by atoms with Crippen LogP contribution in [0.3, 0.4) is 0 Å². The monoisotopic (exact) mass is 724 g/mol. The SMILES string of the molecule is C#Cc1c(F)ccc2cccc(-c3nc4c5c(nc(OC[C@@]67CCCN6C[C@H](F)C7)nc5c3F)N3C[C@H]5CC[C@@H]([C@H]3[C@@H](C)C4)N5C(=O)OC(C)(C)C)c12. The average Bonchev–Trinajstić information content (AvgIpc) is 3.72. The van der Waals surface area contributed by atoms with E-state index in [1.54, 1.807) is 18.2 Å². The zero-order valence-corrected chi connectivity index (χ0v) is 30.5. The molecule has 4 fully saturated rings. The summed E-state index contributed by atoms with van der Waals surface area (Å²) in [6, 6.07) is 7.74. The lowest BCUT2D eigenvalue weighted by Gasteiger charge is -2.49. The van der Waals surface area contributed by atoms with Crippen LogP contribution in [0.5, 0.6) is 6.01 Å². The van der Waals surface area contributed by atoms with Crippen molar-refractivity contribution in [3.63, 3.8) is 0 Å². The van der Waals surface area contributed by atoms with E-state index in [4.69, 9.17) is 30.8 Å². The first-order chi connectivity index (χ1) is 25.4. The third-order valence-corrected chi connectivity index (χ3v) is 12.1. The predicted octanol–water partition coefficient (Wildman–Crippen LogP) is 7.21. The third-order valence-electron chi connectivity index (χ3n) is 12.1. The van der Waals surface area contributed by atoms with Gasteiger partial charge in [0.05, 0.1) is 40.3 Å². The molecule has 276 valence electrons. The quantitative estimate of drug-likeness (QED) is 0.205. The van der Waals surface area contributed by atoms with Crippen molar-refractivity contribution in [3.05, 3.63) is 53.2 Å². The van der Waals surface area contributed by atoms with Crippen LogP contribution < -0.4 is 9.64 Å². The number of hydrogen-bond donors (Lipinski definition) is 0. The molecule has 0 unspecified atom stereocenters. The van der Waals surface area contributed by atoms with Crippen molar-refractivity contribution in [1.29, 1.82) is 0 Å². The molecule has 0 N–H and O–H groups in total. The molecule has 0 radical (unpaired) electrons. The fraction of sp³-hybridized carbons (Fsp3) is 0.512. The molecule has 0 aliphatic carbocycles. The van der Waals surface area contributed by atoms with Gasteiger partial charge in [0.1, 0.15) is 41.2 Å². The number of ether oxygens (including phenoxy) is 2. The standard InChI is InChI=1S/C41H43F3N6O3/c1-6-26-28(43)13-11-23-9-7-10-27(31(23)26)34-33(44)35-32-29(45-34)17-22(2)36-30-14-12-25(50(30)39(51)53-40(3,4)5)20-49(36)37(32)47-38(46-35)52-21-41-15-8-16-48(41)19-24(42)18-41/h1,7,9-11,13,22,24-25,30,36H,8,12,14-21H2,2-5H3/t22-,24+,25+,30-,36+,41-/m0/s1. The lowest BCUT2D eigenvalue weighted by molar-refractivity contribution is 0.00490. The number of carbonyl (C=O) groups is 1. The summed E-state index contributed by atoms with van der Waals surface area (Å²) in [6.45, 7) is 9.54. The minimum absolute atomic E-state index is 0.00142. The van der Waals surface area contributed by atoms with Crippen molar-refractivity contribution in [2.75, 3.05) is 31.1 Å². The second-order valence-corrected chi connectivity index (χ2v) is 16.6. The number of nitrogens with zero attached hydrogens (tertiary/aromatic N) is 6. The van der Waals surface area contributed by atoms with Gasteiger partial charge in [0.2, 0.25) is 0 Å². The molecular weight excluding hydrogens is 681 g/mol. The Labute approximate surface area is 306 Å². The fourth-order valence-electron chi connectivity index (χ4n) is 10.1. The Kier molecular flexibility index (Phi) is 7.86. The van der Waals surface area contributed by atoms with E-state index in [2.05, 4.69) is 22.6 Å². The van der Waals surface area contributed by atoms with Gasteiger partial charge >= 0.3 is 12.1 Å². The van der Waals surface area contributed by atoms with E-state index < -0.39 is 28.9 Å². The Morgan fingerprint density at radius 1 is 1.09 bits per heavy atom. The molecule has 2 aromatic carbocycles. The molecule has 5 aliphatic rings. The van der Waals surface area contributed by atoms with E-state index >= 15 is 8.78 Å². The van der Waals surface area contributed by atoms with Crippen LogP contribution in [-0.2, 0) is 11.2 Å². The van der Waals surface area contributed by atoms with Crippen LogP contribution in [0.25, 0.3) is 32.9 Å². The summed E-state index contributed by atoms with van der Waals surface area (Å²) in [6.07, 6.45) is 8.69. The van der Waals surface area contributed by atoms with Gasteiger partial charge in [0, 0.05) is 30.5 Å². The molecule has 2 bridgehead atoms. The maximum atomic E-state index is 17.4. The molecule has 6 atom stereocenters. The molecule has 9 nitrogen and oxygen atoms in total. The minimum atomic E-state index is -0.938. The average molecular weight is 725 g/mol. The van der Waals surface area contributed by atoms with Gasteiger partial charge in [-0.2, -0.15) is 9.97 Å². The molecule has 5 aliphatic heterocycles. The number of alkyl halides is 1. The van der Waals surface area contributed by atoms with Gasteiger partial charge in [0.25, 0.3) is 0 Å². The highest BCUT2D eigenvalue weighted by Crippen LogP contribution is 2.47. The number of rotatable bonds is 4. The summed E-state index contributed by atoms with van der Waals surface area (Å²) >= 11 is 0. The Balaban J connectivity index is 1.22. The summed E-state index contributed by atoms with van der Waals surface area (Å²) in [5.74, 6) is 1.66. The highest BCUT2D eigenvalue weighted by molar-refractivity contribution is 6.03. The number of fused-ring (bicyclic) bond motifs is 7. The molecule has 53 heavy (non-hydrogen) atoms. The number of pyridine rings is 1. The molecule has 1 amide bonds. The maximum absolute atomic E-state index is 17.4. The van der Waals surface area contributed by atoms with Crippen LogP contribution in [-0.4, -0.2) is 92.5 Å². The largest absolute Gasteiger partial charge is 0.461 e. The number of anilines is 1. The van der Waals surface area contributed by atoms with Crippen molar-refractivity contribution in [2.24, 2.45) is 5.92 Å². The van der Waals surface area contributed by atoms with Gasteiger partial charge in [-0.05, 0) is 76.8 Å². The van der Waals surface area contributed by atoms with E-state index in [1.807, 2.05) is 31.7 Å². The fourth-order valence-corrected chi connectivity index (χ4v) is 10.1. The van der Waals surface area contributed by atoms with E-state index in [0.29, 0.717) is 59.2 Å². The van der Waals surface area contributed by atoms with Gasteiger partial charge in [-0.3, -0.25) is 9.80 Å². The maximum Gasteiger partial charge on any atom is 0.410 e. The van der Waals surface area contributed by atoms with Crippen LogP contribution in [0.2, 0.25) is 0 Å².